The molecular weight excluding hydrogens is 262 g/mol. The summed E-state index contributed by atoms with van der Waals surface area (Å²) in [7, 11) is 0. The van der Waals surface area contributed by atoms with E-state index in [1.54, 1.807) is 6.92 Å². The summed E-state index contributed by atoms with van der Waals surface area (Å²) in [6.07, 6.45) is 0. The quantitative estimate of drug-likeness (QED) is 0.911. The van der Waals surface area contributed by atoms with Crippen molar-refractivity contribution in [2.24, 2.45) is 0 Å². The molecule has 1 N–H and O–H groups in total. The molecule has 1 heterocycles. The first-order valence-electron chi connectivity index (χ1n) is 6.09. The maximum Gasteiger partial charge on any atom is 0.258 e. The number of carbonyl (C=O) groups excluding carboxylic acids is 1. The summed E-state index contributed by atoms with van der Waals surface area (Å²) >= 11 is 0. The summed E-state index contributed by atoms with van der Waals surface area (Å²) in [5.74, 6) is -2.12. The van der Waals surface area contributed by atoms with Gasteiger partial charge in [0.1, 0.15) is 11.6 Å². The molecule has 0 atom stereocenters. The number of hydrogen-bond donors (Lipinski definition) is 1. The largest absolute Gasteiger partial charge is 0.320 e. The summed E-state index contributed by atoms with van der Waals surface area (Å²) in [6.45, 7) is 5.41. The molecule has 0 bridgehead atoms. The van der Waals surface area contributed by atoms with Crippen molar-refractivity contribution >= 4 is 11.6 Å². The van der Waals surface area contributed by atoms with Crippen LogP contribution in [-0.4, -0.2) is 10.9 Å². The molecule has 0 aliphatic rings. The molecule has 0 unspecified atom stereocenters. The number of amides is 1. The lowest BCUT2D eigenvalue weighted by atomic mass is 10.1. The first-order chi connectivity index (χ1) is 9.38. The van der Waals surface area contributed by atoms with Crippen molar-refractivity contribution in [2.45, 2.75) is 20.8 Å². The van der Waals surface area contributed by atoms with Gasteiger partial charge in [-0.2, -0.15) is 0 Å². The zero-order valence-corrected chi connectivity index (χ0v) is 11.4. The van der Waals surface area contributed by atoms with E-state index in [1.165, 1.54) is 0 Å². The zero-order valence-electron chi connectivity index (χ0n) is 11.4. The van der Waals surface area contributed by atoms with Gasteiger partial charge in [0.25, 0.3) is 5.91 Å². The highest BCUT2D eigenvalue weighted by atomic mass is 19.1. The normalized spacial score (nSPS) is 10.4. The van der Waals surface area contributed by atoms with Crippen LogP contribution in [0.5, 0.6) is 0 Å². The summed E-state index contributed by atoms with van der Waals surface area (Å²) in [6, 6.07) is 4.58. The van der Waals surface area contributed by atoms with Crippen molar-refractivity contribution < 1.29 is 13.6 Å². The van der Waals surface area contributed by atoms with Gasteiger partial charge in [0.15, 0.2) is 0 Å². The average molecular weight is 276 g/mol. The number of nitrogens with zero attached hydrogens (tertiary/aromatic N) is 1. The van der Waals surface area contributed by atoms with Crippen molar-refractivity contribution in [3.63, 3.8) is 0 Å². The maximum absolute atomic E-state index is 13.5. The summed E-state index contributed by atoms with van der Waals surface area (Å²) in [5, 5.41) is 2.58. The fourth-order valence-electron chi connectivity index (χ4n) is 2.06. The molecule has 0 fully saturated rings. The summed E-state index contributed by atoms with van der Waals surface area (Å²) in [5.41, 5.74) is 2.47. The molecule has 0 radical (unpaired) electrons. The molecule has 0 saturated carbocycles. The lowest BCUT2D eigenvalue weighted by Gasteiger charge is -2.12. The van der Waals surface area contributed by atoms with E-state index in [9.17, 15) is 13.6 Å². The first-order valence-corrected chi connectivity index (χ1v) is 6.09. The molecule has 0 spiro atoms. The van der Waals surface area contributed by atoms with Crippen LogP contribution in [0, 0.1) is 32.4 Å². The smallest absolute Gasteiger partial charge is 0.258 e. The predicted molar refractivity (Wildman–Crippen MR) is 72.8 cm³/mol. The van der Waals surface area contributed by atoms with Gasteiger partial charge in [-0.15, -0.1) is 0 Å². The van der Waals surface area contributed by atoms with Crippen LogP contribution >= 0.6 is 0 Å². The number of benzene rings is 1. The highest BCUT2D eigenvalue weighted by molar-refractivity contribution is 6.05. The molecule has 2 aromatic rings. The van der Waals surface area contributed by atoms with Crippen LogP contribution in [0.1, 0.15) is 27.3 Å². The third-order valence-electron chi connectivity index (χ3n) is 2.94. The minimum atomic E-state index is -0.765. The number of hydrogen-bond acceptors (Lipinski definition) is 2. The van der Waals surface area contributed by atoms with Crippen molar-refractivity contribution in [2.75, 3.05) is 5.32 Å². The number of anilines is 1. The maximum atomic E-state index is 13.5. The Labute approximate surface area is 115 Å². The van der Waals surface area contributed by atoms with Gasteiger partial charge in [-0.3, -0.25) is 9.78 Å². The lowest BCUT2D eigenvalue weighted by molar-refractivity contribution is 0.102. The molecule has 1 aromatic carbocycles. The molecule has 20 heavy (non-hydrogen) atoms. The molecule has 0 aliphatic carbocycles. The molecule has 1 aromatic heterocycles. The predicted octanol–water partition coefficient (Wildman–Crippen LogP) is 3.54. The Bertz CT molecular complexity index is 661. The molecule has 104 valence electrons. The Morgan fingerprint density at radius 2 is 1.85 bits per heavy atom. The van der Waals surface area contributed by atoms with Crippen molar-refractivity contribution in [3.8, 4) is 0 Å². The molecule has 0 saturated heterocycles. The Morgan fingerprint density at radius 1 is 1.15 bits per heavy atom. The number of aromatic nitrogens is 1. The Balaban J connectivity index is 2.35. The van der Waals surface area contributed by atoms with Gasteiger partial charge < -0.3 is 5.32 Å². The highest BCUT2D eigenvalue weighted by Crippen LogP contribution is 2.21. The van der Waals surface area contributed by atoms with Crippen molar-refractivity contribution in [1.29, 1.82) is 0 Å². The van der Waals surface area contributed by atoms with Gasteiger partial charge in [0.2, 0.25) is 0 Å². The van der Waals surface area contributed by atoms with E-state index in [0.29, 0.717) is 11.4 Å². The van der Waals surface area contributed by atoms with E-state index in [-0.39, 0.29) is 5.56 Å². The standard InChI is InChI=1S/C15H14F2N2O/c1-8-6-9(2)18-10(3)14(8)19-15(20)12-7-11(16)4-5-13(12)17/h4-7H,1-3H3,(H,19,20). The van der Waals surface area contributed by atoms with Gasteiger partial charge in [-0.05, 0) is 50.6 Å². The number of halogens is 2. The van der Waals surface area contributed by atoms with E-state index >= 15 is 0 Å². The van der Waals surface area contributed by atoms with Gasteiger partial charge in [-0.1, -0.05) is 0 Å². The average Bonchev–Trinajstić information content (AvgIpc) is 2.36. The van der Waals surface area contributed by atoms with Crippen LogP contribution in [0.25, 0.3) is 0 Å². The third-order valence-corrected chi connectivity index (χ3v) is 2.94. The molecule has 0 aliphatic heterocycles. The van der Waals surface area contributed by atoms with Crippen LogP contribution < -0.4 is 5.32 Å². The minimum Gasteiger partial charge on any atom is -0.320 e. The molecule has 1 amide bonds. The Morgan fingerprint density at radius 3 is 2.50 bits per heavy atom. The molecule has 3 nitrogen and oxygen atoms in total. The molecule has 2 rings (SSSR count). The number of carbonyl (C=O) groups is 1. The minimum absolute atomic E-state index is 0.329. The number of aryl methyl sites for hydroxylation is 3. The van der Waals surface area contributed by atoms with Crippen molar-refractivity contribution in [1.82, 2.24) is 4.98 Å². The van der Waals surface area contributed by atoms with Crippen LogP contribution in [-0.2, 0) is 0 Å². The third kappa shape index (κ3) is 2.82. The fraction of sp³-hybridized carbons (Fsp3) is 0.200. The zero-order chi connectivity index (χ0) is 14.9. The van der Waals surface area contributed by atoms with Gasteiger partial charge in [0, 0.05) is 5.69 Å². The molecular formula is C15H14F2N2O. The van der Waals surface area contributed by atoms with E-state index in [4.69, 9.17) is 0 Å². The van der Waals surface area contributed by atoms with Crippen LogP contribution in [0.15, 0.2) is 24.3 Å². The van der Waals surface area contributed by atoms with E-state index in [0.717, 1.165) is 29.5 Å². The second-order valence-corrected chi connectivity index (χ2v) is 4.62. The SMILES string of the molecule is Cc1cc(C)c(NC(=O)c2cc(F)ccc2F)c(C)n1. The van der Waals surface area contributed by atoms with Gasteiger partial charge in [0.05, 0.1) is 16.9 Å². The summed E-state index contributed by atoms with van der Waals surface area (Å²) in [4.78, 5) is 16.3. The number of pyridine rings is 1. The van der Waals surface area contributed by atoms with E-state index in [1.807, 2.05) is 19.9 Å². The second-order valence-electron chi connectivity index (χ2n) is 4.62. The number of rotatable bonds is 2. The number of nitrogens with one attached hydrogen (secondary N) is 1. The van der Waals surface area contributed by atoms with Gasteiger partial charge in [-0.25, -0.2) is 8.78 Å². The summed E-state index contributed by atoms with van der Waals surface area (Å²) < 4.78 is 26.6. The van der Waals surface area contributed by atoms with Crippen molar-refractivity contribution in [3.05, 3.63) is 58.4 Å². The van der Waals surface area contributed by atoms with E-state index < -0.39 is 17.5 Å². The van der Waals surface area contributed by atoms with Crippen LogP contribution in [0.3, 0.4) is 0 Å². The first kappa shape index (κ1) is 14.1. The fourth-order valence-corrected chi connectivity index (χ4v) is 2.06. The van der Waals surface area contributed by atoms with E-state index in [2.05, 4.69) is 10.3 Å². The Kier molecular flexibility index (Phi) is 3.79. The van der Waals surface area contributed by atoms with Crippen LogP contribution in [0.2, 0.25) is 0 Å². The highest BCUT2D eigenvalue weighted by Gasteiger charge is 2.15. The van der Waals surface area contributed by atoms with Crippen LogP contribution in [0.4, 0.5) is 14.5 Å². The van der Waals surface area contributed by atoms with Gasteiger partial charge >= 0.3 is 0 Å². The lowest BCUT2D eigenvalue weighted by Crippen LogP contribution is -2.16. The topological polar surface area (TPSA) is 42.0 Å². The monoisotopic (exact) mass is 276 g/mol. The second kappa shape index (κ2) is 5.36. The molecule has 5 heteroatoms. The Hall–Kier alpha value is -2.30.